The van der Waals surface area contributed by atoms with Crippen LogP contribution in [-0.4, -0.2) is 0 Å². The molecule has 0 heterocycles. The van der Waals surface area contributed by atoms with Crippen molar-refractivity contribution in [2.45, 2.75) is 53.0 Å². The Hall–Kier alpha value is -1.76. The molecule has 2 aromatic rings. The Bertz CT molecular complexity index is 583. The molecule has 0 aliphatic carbocycles. The van der Waals surface area contributed by atoms with Crippen LogP contribution < -0.4 is 5.32 Å². The van der Waals surface area contributed by atoms with Crippen molar-refractivity contribution < 1.29 is 0 Å². The molecule has 21 heavy (non-hydrogen) atoms. The SMILES string of the molecule is CCC(C)c1ccc(NC(C)c2cc(C)ccc2C)cc1. The van der Waals surface area contributed by atoms with Gasteiger partial charge in [-0.2, -0.15) is 0 Å². The highest BCUT2D eigenvalue weighted by Crippen LogP contribution is 2.25. The van der Waals surface area contributed by atoms with E-state index in [0.717, 1.165) is 0 Å². The monoisotopic (exact) mass is 281 g/mol. The summed E-state index contributed by atoms with van der Waals surface area (Å²) in [7, 11) is 0. The Labute approximate surface area is 129 Å². The molecule has 0 aromatic heterocycles. The Balaban J connectivity index is 2.12. The second-order valence-corrected chi connectivity index (χ2v) is 6.16. The van der Waals surface area contributed by atoms with E-state index in [9.17, 15) is 0 Å². The summed E-state index contributed by atoms with van der Waals surface area (Å²) in [6.45, 7) is 11.1. The molecule has 2 atom stereocenters. The smallest absolute Gasteiger partial charge is 0.0488 e. The number of aryl methyl sites for hydroxylation is 2. The first-order valence-corrected chi connectivity index (χ1v) is 7.95. The van der Waals surface area contributed by atoms with Crippen LogP contribution in [0.15, 0.2) is 42.5 Å². The highest BCUT2D eigenvalue weighted by Gasteiger charge is 2.09. The summed E-state index contributed by atoms with van der Waals surface area (Å²) < 4.78 is 0. The van der Waals surface area contributed by atoms with Gasteiger partial charge in [0.15, 0.2) is 0 Å². The van der Waals surface area contributed by atoms with E-state index in [1.165, 1.54) is 34.4 Å². The van der Waals surface area contributed by atoms with Gasteiger partial charge in [0.2, 0.25) is 0 Å². The molecule has 0 aliphatic rings. The maximum Gasteiger partial charge on any atom is 0.0488 e. The lowest BCUT2D eigenvalue weighted by Crippen LogP contribution is -2.08. The molecule has 1 heteroatoms. The van der Waals surface area contributed by atoms with E-state index in [1.54, 1.807) is 0 Å². The molecule has 0 saturated heterocycles. The van der Waals surface area contributed by atoms with Crippen molar-refractivity contribution in [3.8, 4) is 0 Å². The van der Waals surface area contributed by atoms with Crippen molar-refractivity contribution >= 4 is 5.69 Å². The van der Waals surface area contributed by atoms with Crippen molar-refractivity contribution in [3.63, 3.8) is 0 Å². The summed E-state index contributed by atoms with van der Waals surface area (Å²) in [6.07, 6.45) is 1.19. The third-order valence-corrected chi connectivity index (χ3v) is 4.38. The van der Waals surface area contributed by atoms with E-state index >= 15 is 0 Å². The number of rotatable bonds is 5. The van der Waals surface area contributed by atoms with E-state index in [4.69, 9.17) is 0 Å². The van der Waals surface area contributed by atoms with Crippen LogP contribution >= 0.6 is 0 Å². The van der Waals surface area contributed by atoms with Crippen molar-refractivity contribution in [1.82, 2.24) is 0 Å². The minimum Gasteiger partial charge on any atom is -0.379 e. The maximum absolute atomic E-state index is 3.61. The number of nitrogens with one attached hydrogen (secondary N) is 1. The molecule has 0 fully saturated rings. The minimum absolute atomic E-state index is 0.319. The lowest BCUT2D eigenvalue weighted by molar-refractivity contribution is 0.733. The molecule has 0 spiro atoms. The topological polar surface area (TPSA) is 12.0 Å². The van der Waals surface area contributed by atoms with E-state index in [-0.39, 0.29) is 0 Å². The highest BCUT2D eigenvalue weighted by atomic mass is 14.9. The molecule has 0 radical (unpaired) electrons. The molecule has 0 bridgehead atoms. The first-order valence-electron chi connectivity index (χ1n) is 7.95. The molecule has 2 rings (SSSR count). The summed E-state index contributed by atoms with van der Waals surface area (Å²) in [6, 6.07) is 15.9. The summed E-state index contributed by atoms with van der Waals surface area (Å²) in [5.74, 6) is 0.635. The molecule has 0 aliphatic heterocycles. The van der Waals surface area contributed by atoms with Gasteiger partial charge >= 0.3 is 0 Å². The van der Waals surface area contributed by atoms with Gasteiger partial charge in [-0.3, -0.25) is 0 Å². The fourth-order valence-electron chi connectivity index (χ4n) is 2.70. The Kier molecular flexibility index (Phi) is 5.06. The molecule has 0 saturated carbocycles. The van der Waals surface area contributed by atoms with Gasteiger partial charge in [-0.05, 0) is 61.9 Å². The fraction of sp³-hybridized carbons (Fsp3) is 0.400. The lowest BCUT2D eigenvalue weighted by atomic mass is 9.98. The summed E-state index contributed by atoms with van der Waals surface area (Å²) in [4.78, 5) is 0. The van der Waals surface area contributed by atoms with E-state index < -0.39 is 0 Å². The molecular formula is C20H27N. The lowest BCUT2D eigenvalue weighted by Gasteiger charge is -2.19. The zero-order valence-corrected chi connectivity index (χ0v) is 13.9. The van der Waals surface area contributed by atoms with E-state index in [1.807, 2.05) is 0 Å². The van der Waals surface area contributed by atoms with Gasteiger partial charge in [-0.25, -0.2) is 0 Å². The van der Waals surface area contributed by atoms with Crippen LogP contribution in [0.25, 0.3) is 0 Å². The Morgan fingerprint density at radius 1 is 0.952 bits per heavy atom. The standard InChI is InChI=1S/C20H27N/c1-6-15(3)18-9-11-19(12-10-18)21-17(5)20-13-14(2)7-8-16(20)4/h7-13,15,17,21H,6H2,1-5H3. The Morgan fingerprint density at radius 3 is 2.24 bits per heavy atom. The minimum atomic E-state index is 0.319. The van der Waals surface area contributed by atoms with E-state index in [2.05, 4.69) is 82.4 Å². The predicted octanol–water partition coefficient (Wildman–Crippen LogP) is 5.99. The normalized spacial score (nSPS) is 13.8. The maximum atomic E-state index is 3.61. The Morgan fingerprint density at radius 2 is 1.62 bits per heavy atom. The van der Waals surface area contributed by atoms with E-state index in [0.29, 0.717) is 12.0 Å². The first-order chi connectivity index (χ1) is 10.0. The highest BCUT2D eigenvalue weighted by molar-refractivity contribution is 5.48. The van der Waals surface area contributed by atoms with Crippen molar-refractivity contribution in [2.24, 2.45) is 0 Å². The van der Waals surface area contributed by atoms with Gasteiger partial charge in [0.05, 0.1) is 0 Å². The van der Waals surface area contributed by atoms with Gasteiger partial charge in [0, 0.05) is 11.7 Å². The largest absolute Gasteiger partial charge is 0.379 e. The number of anilines is 1. The van der Waals surface area contributed by atoms with Crippen LogP contribution in [0.1, 0.15) is 61.4 Å². The molecule has 0 amide bonds. The average Bonchev–Trinajstić information content (AvgIpc) is 2.49. The second kappa shape index (κ2) is 6.80. The van der Waals surface area contributed by atoms with Crippen molar-refractivity contribution in [3.05, 3.63) is 64.7 Å². The number of hydrogen-bond acceptors (Lipinski definition) is 1. The third kappa shape index (κ3) is 3.87. The molecule has 2 unspecified atom stereocenters. The van der Waals surface area contributed by atoms with Crippen LogP contribution in [0.5, 0.6) is 0 Å². The van der Waals surface area contributed by atoms with Crippen LogP contribution in [0.4, 0.5) is 5.69 Å². The molecular weight excluding hydrogens is 254 g/mol. The molecule has 2 aromatic carbocycles. The zero-order chi connectivity index (χ0) is 15.4. The quantitative estimate of drug-likeness (QED) is 0.709. The zero-order valence-electron chi connectivity index (χ0n) is 13.9. The van der Waals surface area contributed by atoms with Gasteiger partial charge in [-0.15, -0.1) is 0 Å². The van der Waals surface area contributed by atoms with Gasteiger partial charge in [0.25, 0.3) is 0 Å². The van der Waals surface area contributed by atoms with Crippen LogP contribution in [0.3, 0.4) is 0 Å². The first kappa shape index (κ1) is 15.6. The summed E-state index contributed by atoms with van der Waals surface area (Å²) in [5.41, 5.74) is 6.65. The van der Waals surface area contributed by atoms with Crippen molar-refractivity contribution in [1.29, 1.82) is 0 Å². The molecule has 112 valence electrons. The second-order valence-electron chi connectivity index (χ2n) is 6.16. The average molecular weight is 281 g/mol. The predicted molar refractivity (Wildman–Crippen MR) is 93.1 cm³/mol. The van der Waals surface area contributed by atoms with Crippen LogP contribution in [0, 0.1) is 13.8 Å². The van der Waals surface area contributed by atoms with Gasteiger partial charge in [0.1, 0.15) is 0 Å². The summed E-state index contributed by atoms with van der Waals surface area (Å²) in [5, 5.41) is 3.61. The van der Waals surface area contributed by atoms with Crippen LogP contribution in [-0.2, 0) is 0 Å². The van der Waals surface area contributed by atoms with Crippen LogP contribution in [0.2, 0.25) is 0 Å². The summed E-state index contributed by atoms with van der Waals surface area (Å²) >= 11 is 0. The van der Waals surface area contributed by atoms with Gasteiger partial charge < -0.3 is 5.32 Å². The van der Waals surface area contributed by atoms with Crippen molar-refractivity contribution in [2.75, 3.05) is 5.32 Å². The molecule has 1 N–H and O–H groups in total. The third-order valence-electron chi connectivity index (χ3n) is 4.38. The molecule has 1 nitrogen and oxygen atoms in total. The van der Waals surface area contributed by atoms with Gasteiger partial charge in [-0.1, -0.05) is 49.7 Å². The number of benzene rings is 2. The fourth-order valence-corrected chi connectivity index (χ4v) is 2.70. The number of hydrogen-bond donors (Lipinski definition) is 1.